The minimum absolute atomic E-state index is 0.137. The number of thiazole rings is 1. The average molecular weight is 357 g/mol. The highest BCUT2D eigenvalue weighted by Crippen LogP contribution is 2.37. The van der Waals surface area contributed by atoms with Crippen molar-refractivity contribution in [3.63, 3.8) is 0 Å². The number of piperazine rings is 1. The number of anilines is 1. The Hall–Kier alpha value is -2.02. The number of hydrogen-bond donors (Lipinski definition) is 0. The summed E-state index contributed by atoms with van der Waals surface area (Å²) in [6.45, 7) is 4.98. The summed E-state index contributed by atoms with van der Waals surface area (Å²) < 4.78 is 0. The Bertz CT molecular complexity index is 733. The number of carbonyl (C=O) groups is 1. The fourth-order valence-corrected chi connectivity index (χ4v) is 4.91. The number of rotatable bonds is 3. The van der Waals surface area contributed by atoms with E-state index in [1.54, 1.807) is 17.5 Å². The Kier molecular flexibility index (Phi) is 4.65. The maximum atomic E-state index is 12.9. The zero-order valence-electron chi connectivity index (χ0n) is 14.5. The van der Waals surface area contributed by atoms with Crippen LogP contribution >= 0.6 is 11.3 Å². The van der Waals surface area contributed by atoms with E-state index in [1.807, 2.05) is 24.0 Å². The standard InChI is InChI=1S/C18H23N5OS/c1-13-16(25-17(20-13)14-5-2-3-6-14)18(24)23-11-9-22(10-12-23)15-7-4-8-19-21-15/h4,7-8,14H,2-3,5-6,9-12H2,1H3. The Morgan fingerprint density at radius 3 is 2.64 bits per heavy atom. The molecule has 1 amide bonds. The van der Waals surface area contributed by atoms with Gasteiger partial charge in [0.25, 0.3) is 5.91 Å². The SMILES string of the molecule is Cc1nc(C2CCCC2)sc1C(=O)N1CCN(c2cccnn2)CC1. The molecule has 2 aromatic heterocycles. The van der Waals surface area contributed by atoms with E-state index in [9.17, 15) is 4.79 Å². The van der Waals surface area contributed by atoms with Crippen LogP contribution in [0, 0.1) is 6.92 Å². The molecular formula is C18H23N5OS. The lowest BCUT2D eigenvalue weighted by atomic mass is 10.1. The van der Waals surface area contributed by atoms with E-state index >= 15 is 0 Å². The number of aromatic nitrogens is 3. The molecule has 2 aliphatic rings. The predicted molar refractivity (Wildman–Crippen MR) is 98.2 cm³/mol. The molecule has 2 fully saturated rings. The average Bonchev–Trinajstić information content (AvgIpc) is 3.32. The van der Waals surface area contributed by atoms with Crippen molar-refractivity contribution in [3.05, 3.63) is 33.9 Å². The van der Waals surface area contributed by atoms with E-state index in [2.05, 4.69) is 15.1 Å². The van der Waals surface area contributed by atoms with Gasteiger partial charge in [0.15, 0.2) is 5.82 Å². The number of amides is 1. The third kappa shape index (κ3) is 3.38. The van der Waals surface area contributed by atoms with Gasteiger partial charge in [0.1, 0.15) is 4.88 Å². The van der Waals surface area contributed by atoms with Gasteiger partial charge >= 0.3 is 0 Å². The summed E-state index contributed by atoms with van der Waals surface area (Å²) in [6, 6.07) is 3.86. The quantitative estimate of drug-likeness (QED) is 0.845. The minimum Gasteiger partial charge on any atom is -0.352 e. The lowest BCUT2D eigenvalue weighted by molar-refractivity contribution is 0.0750. The molecule has 1 aliphatic carbocycles. The van der Waals surface area contributed by atoms with E-state index < -0.39 is 0 Å². The Morgan fingerprint density at radius 2 is 1.96 bits per heavy atom. The van der Waals surface area contributed by atoms with Gasteiger partial charge in [0.2, 0.25) is 0 Å². The van der Waals surface area contributed by atoms with E-state index in [0.717, 1.165) is 34.5 Å². The van der Waals surface area contributed by atoms with Crippen LogP contribution in [0.25, 0.3) is 0 Å². The zero-order valence-corrected chi connectivity index (χ0v) is 15.3. The number of nitrogens with zero attached hydrogens (tertiary/aromatic N) is 5. The van der Waals surface area contributed by atoms with Crippen LogP contribution in [-0.4, -0.2) is 52.2 Å². The van der Waals surface area contributed by atoms with Crippen LogP contribution in [0.2, 0.25) is 0 Å². The minimum atomic E-state index is 0.137. The van der Waals surface area contributed by atoms with E-state index in [1.165, 1.54) is 25.7 Å². The van der Waals surface area contributed by atoms with Crippen molar-refractivity contribution in [2.24, 2.45) is 0 Å². The molecule has 1 aliphatic heterocycles. The molecule has 3 heterocycles. The van der Waals surface area contributed by atoms with Crippen LogP contribution in [0.5, 0.6) is 0 Å². The molecule has 0 N–H and O–H groups in total. The molecule has 1 saturated carbocycles. The molecule has 0 radical (unpaired) electrons. The first-order chi connectivity index (χ1) is 12.2. The number of carbonyl (C=O) groups excluding carboxylic acids is 1. The molecule has 0 bridgehead atoms. The fourth-order valence-electron chi connectivity index (χ4n) is 3.71. The summed E-state index contributed by atoms with van der Waals surface area (Å²) in [5.74, 6) is 1.59. The van der Waals surface area contributed by atoms with Crippen LogP contribution in [-0.2, 0) is 0 Å². The van der Waals surface area contributed by atoms with Crippen LogP contribution in [0.1, 0.15) is 52.0 Å². The van der Waals surface area contributed by atoms with E-state index in [0.29, 0.717) is 19.0 Å². The van der Waals surface area contributed by atoms with Gasteiger partial charge in [-0.1, -0.05) is 12.8 Å². The third-order valence-corrected chi connectivity index (χ3v) is 6.47. The molecule has 4 rings (SSSR count). The van der Waals surface area contributed by atoms with Gasteiger partial charge in [-0.3, -0.25) is 4.79 Å². The van der Waals surface area contributed by atoms with Gasteiger partial charge < -0.3 is 9.80 Å². The summed E-state index contributed by atoms with van der Waals surface area (Å²) in [5, 5.41) is 9.25. The Balaban J connectivity index is 1.42. The van der Waals surface area contributed by atoms with Gasteiger partial charge in [0, 0.05) is 38.3 Å². The summed E-state index contributed by atoms with van der Waals surface area (Å²) in [6.07, 6.45) is 6.69. The van der Waals surface area contributed by atoms with Crippen molar-refractivity contribution in [1.29, 1.82) is 0 Å². The van der Waals surface area contributed by atoms with Crippen molar-refractivity contribution in [3.8, 4) is 0 Å². The van der Waals surface area contributed by atoms with Crippen molar-refractivity contribution in [2.75, 3.05) is 31.1 Å². The largest absolute Gasteiger partial charge is 0.352 e. The van der Waals surface area contributed by atoms with E-state index in [4.69, 9.17) is 4.98 Å². The molecule has 6 nitrogen and oxygen atoms in total. The second-order valence-electron chi connectivity index (χ2n) is 6.81. The molecule has 0 atom stereocenters. The maximum Gasteiger partial charge on any atom is 0.265 e. The molecule has 1 saturated heterocycles. The first kappa shape index (κ1) is 16.4. The van der Waals surface area contributed by atoms with Gasteiger partial charge in [-0.2, -0.15) is 5.10 Å². The van der Waals surface area contributed by atoms with Crippen molar-refractivity contribution in [2.45, 2.75) is 38.5 Å². The van der Waals surface area contributed by atoms with Crippen LogP contribution in [0.4, 0.5) is 5.82 Å². The van der Waals surface area contributed by atoms with Gasteiger partial charge in [-0.25, -0.2) is 4.98 Å². The van der Waals surface area contributed by atoms with E-state index in [-0.39, 0.29) is 5.91 Å². The lowest BCUT2D eigenvalue weighted by Crippen LogP contribution is -2.49. The molecule has 2 aromatic rings. The molecule has 7 heteroatoms. The van der Waals surface area contributed by atoms with Crippen LogP contribution < -0.4 is 4.90 Å². The Labute approximate surface area is 151 Å². The summed E-state index contributed by atoms with van der Waals surface area (Å²) in [7, 11) is 0. The smallest absolute Gasteiger partial charge is 0.265 e. The van der Waals surface area contributed by atoms with Crippen LogP contribution in [0.3, 0.4) is 0 Å². The lowest BCUT2D eigenvalue weighted by Gasteiger charge is -2.34. The molecule has 0 unspecified atom stereocenters. The Morgan fingerprint density at radius 1 is 1.20 bits per heavy atom. The van der Waals surface area contributed by atoms with Gasteiger partial charge in [-0.05, 0) is 31.9 Å². The molecule has 25 heavy (non-hydrogen) atoms. The first-order valence-electron chi connectivity index (χ1n) is 9.01. The monoisotopic (exact) mass is 357 g/mol. The predicted octanol–water partition coefficient (Wildman–Crippen LogP) is 2.86. The topological polar surface area (TPSA) is 62.2 Å². The zero-order chi connectivity index (χ0) is 17.2. The van der Waals surface area contributed by atoms with Gasteiger partial charge in [-0.15, -0.1) is 16.4 Å². The fraction of sp³-hybridized carbons (Fsp3) is 0.556. The first-order valence-corrected chi connectivity index (χ1v) is 9.83. The molecular weight excluding hydrogens is 334 g/mol. The summed E-state index contributed by atoms with van der Waals surface area (Å²) in [5.41, 5.74) is 0.897. The molecule has 0 spiro atoms. The number of hydrogen-bond acceptors (Lipinski definition) is 6. The van der Waals surface area contributed by atoms with Crippen molar-refractivity contribution >= 4 is 23.1 Å². The second-order valence-corrected chi connectivity index (χ2v) is 7.84. The normalized spacial score (nSPS) is 18.8. The molecule has 0 aromatic carbocycles. The van der Waals surface area contributed by atoms with Crippen molar-refractivity contribution < 1.29 is 4.79 Å². The van der Waals surface area contributed by atoms with Crippen molar-refractivity contribution in [1.82, 2.24) is 20.1 Å². The van der Waals surface area contributed by atoms with Crippen LogP contribution in [0.15, 0.2) is 18.3 Å². The number of aryl methyl sites for hydroxylation is 1. The third-order valence-electron chi connectivity index (χ3n) is 5.16. The maximum absolute atomic E-state index is 12.9. The summed E-state index contributed by atoms with van der Waals surface area (Å²) in [4.78, 5) is 22.6. The highest BCUT2D eigenvalue weighted by atomic mass is 32.1. The highest BCUT2D eigenvalue weighted by molar-refractivity contribution is 7.13. The highest BCUT2D eigenvalue weighted by Gasteiger charge is 2.28. The summed E-state index contributed by atoms with van der Waals surface area (Å²) >= 11 is 1.62. The molecule has 132 valence electrons. The second kappa shape index (κ2) is 7.07. The van der Waals surface area contributed by atoms with Gasteiger partial charge in [0.05, 0.1) is 10.7 Å².